The second-order valence-corrected chi connectivity index (χ2v) is 6.52. The molecule has 5 heteroatoms. The predicted molar refractivity (Wildman–Crippen MR) is 81.8 cm³/mol. The SMILES string of the molecule is CCCCN(CC)CCc1nc(C2CC2)c(C(=O)O)s1. The molecular weight excluding hydrogens is 272 g/mol. The maximum absolute atomic E-state index is 11.3. The summed E-state index contributed by atoms with van der Waals surface area (Å²) in [7, 11) is 0. The number of thiazole rings is 1. The second kappa shape index (κ2) is 7.18. The highest BCUT2D eigenvalue weighted by Gasteiger charge is 2.31. The molecule has 4 nitrogen and oxygen atoms in total. The lowest BCUT2D eigenvalue weighted by Crippen LogP contribution is -2.26. The average Bonchev–Trinajstić information content (AvgIpc) is 3.19. The molecule has 1 heterocycles. The van der Waals surface area contributed by atoms with E-state index in [0.717, 1.165) is 49.6 Å². The summed E-state index contributed by atoms with van der Waals surface area (Å²) in [5, 5.41) is 10.2. The molecule has 0 bridgehead atoms. The number of unbranched alkanes of at least 4 members (excludes halogenated alkanes) is 1. The Hall–Kier alpha value is -0.940. The van der Waals surface area contributed by atoms with Crippen LogP contribution >= 0.6 is 11.3 Å². The molecule has 1 aromatic rings. The third kappa shape index (κ3) is 4.03. The lowest BCUT2D eigenvalue weighted by atomic mass is 10.2. The summed E-state index contributed by atoms with van der Waals surface area (Å²) in [4.78, 5) is 18.7. The van der Waals surface area contributed by atoms with Crippen LogP contribution in [0.1, 0.15) is 65.8 Å². The van der Waals surface area contributed by atoms with Gasteiger partial charge in [0.05, 0.1) is 10.7 Å². The van der Waals surface area contributed by atoms with Gasteiger partial charge in [-0.05, 0) is 32.4 Å². The molecule has 0 spiro atoms. The van der Waals surface area contributed by atoms with Gasteiger partial charge in [-0.1, -0.05) is 20.3 Å². The van der Waals surface area contributed by atoms with Crippen molar-refractivity contribution in [2.75, 3.05) is 19.6 Å². The molecule has 1 aliphatic rings. The first kappa shape index (κ1) is 15.4. The minimum absolute atomic E-state index is 0.411. The molecule has 0 amide bonds. The molecule has 0 atom stereocenters. The van der Waals surface area contributed by atoms with Crippen LogP contribution in [0.25, 0.3) is 0 Å². The largest absolute Gasteiger partial charge is 0.477 e. The summed E-state index contributed by atoms with van der Waals surface area (Å²) in [5.74, 6) is -0.401. The quantitative estimate of drug-likeness (QED) is 0.759. The number of hydrogen-bond acceptors (Lipinski definition) is 4. The monoisotopic (exact) mass is 296 g/mol. The fourth-order valence-electron chi connectivity index (χ4n) is 2.34. The van der Waals surface area contributed by atoms with Crippen molar-refractivity contribution in [1.82, 2.24) is 9.88 Å². The highest BCUT2D eigenvalue weighted by Crippen LogP contribution is 2.42. The molecule has 0 unspecified atom stereocenters. The number of aromatic carboxylic acids is 1. The zero-order valence-electron chi connectivity index (χ0n) is 12.4. The highest BCUT2D eigenvalue weighted by atomic mass is 32.1. The van der Waals surface area contributed by atoms with Crippen LogP contribution in [0.2, 0.25) is 0 Å². The van der Waals surface area contributed by atoms with Crippen LogP contribution in [0.4, 0.5) is 0 Å². The van der Waals surface area contributed by atoms with E-state index in [1.165, 1.54) is 24.2 Å². The summed E-state index contributed by atoms with van der Waals surface area (Å²) in [5.41, 5.74) is 0.842. The highest BCUT2D eigenvalue weighted by molar-refractivity contribution is 7.13. The van der Waals surface area contributed by atoms with Gasteiger partial charge in [-0.3, -0.25) is 0 Å². The van der Waals surface area contributed by atoms with Crippen LogP contribution in [-0.4, -0.2) is 40.6 Å². The Morgan fingerprint density at radius 3 is 2.70 bits per heavy atom. The van der Waals surface area contributed by atoms with Gasteiger partial charge in [0, 0.05) is 18.9 Å². The number of carboxylic acid groups (broad SMARTS) is 1. The Labute approximate surface area is 124 Å². The third-order valence-corrected chi connectivity index (χ3v) is 4.89. The molecule has 1 fully saturated rings. The van der Waals surface area contributed by atoms with Crippen molar-refractivity contribution >= 4 is 17.3 Å². The second-order valence-electron chi connectivity index (χ2n) is 5.44. The molecule has 0 saturated heterocycles. The first-order valence-corrected chi connectivity index (χ1v) is 8.42. The Balaban J connectivity index is 1.95. The van der Waals surface area contributed by atoms with Crippen LogP contribution in [0, 0.1) is 0 Å². The van der Waals surface area contributed by atoms with Gasteiger partial charge < -0.3 is 10.0 Å². The number of aromatic nitrogens is 1. The zero-order valence-corrected chi connectivity index (χ0v) is 13.2. The third-order valence-electron chi connectivity index (χ3n) is 3.77. The first-order valence-electron chi connectivity index (χ1n) is 7.60. The normalized spacial score (nSPS) is 14.9. The van der Waals surface area contributed by atoms with Gasteiger partial charge >= 0.3 is 5.97 Å². The predicted octanol–water partition coefficient (Wildman–Crippen LogP) is 3.38. The van der Waals surface area contributed by atoms with E-state index in [2.05, 4.69) is 23.7 Å². The molecule has 1 saturated carbocycles. The maximum atomic E-state index is 11.3. The smallest absolute Gasteiger partial charge is 0.347 e. The number of likely N-dealkylation sites (N-methyl/N-ethyl adjacent to an activating group) is 1. The van der Waals surface area contributed by atoms with E-state index in [1.54, 1.807) is 0 Å². The van der Waals surface area contributed by atoms with E-state index < -0.39 is 5.97 Å². The molecule has 20 heavy (non-hydrogen) atoms. The van der Waals surface area contributed by atoms with Crippen molar-refractivity contribution in [3.05, 3.63) is 15.6 Å². The van der Waals surface area contributed by atoms with Gasteiger partial charge in [-0.15, -0.1) is 11.3 Å². The number of rotatable bonds is 9. The van der Waals surface area contributed by atoms with Crippen molar-refractivity contribution < 1.29 is 9.90 Å². The molecule has 2 rings (SSSR count). The number of carboxylic acids is 1. The number of carbonyl (C=O) groups is 1. The molecule has 112 valence electrons. The lowest BCUT2D eigenvalue weighted by Gasteiger charge is -2.19. The molecule has 1 aromatic heterocycles. The van der Waals surface area contributed by atoms with Crippen LogP contribution in [0.3, 0.4) is 0 Å². The van der Waals surface area contributed by atoms with Gasteiger partial charge in [0.15, 0.2) is 0 Å². The van der Waals surface area contributed by atoms with Crippen molar-refractivity contribution in [2.24, 2.45) is 0 Å². The Bertz CT molecular complexity index is 455. The van der Waals surface area contributed by atoms with E-state index >= 15 is 0 Å². The van der Waals surface area contributed by atoms with Crippen LogP contribution < -0.4 is 0 Å². The van der Waals surface area contributed by atoms with Gasteiger partial charge in [0.1, 0.15) is 4.88 Å². The van der Waals surface area contributed by atoms with Gasteiger partial charge in [0.2, 0.25) is 0 Å². The Morgan fingerprint density at radius 2 is 2.15 bits per heavy atom. The molecule has 1 aliphatic carbocycles. The number of hydrogen-bond donors (Lipinski definition) is 1. The maximum Gasteiger partial charge on any atom is 0.347 e. The van der Waals surface area contributed by atoms with Gasteiger partial charge in [0.25, 0.3) is 0 Å². The minimum Gasteiger partial charge on any atom is -0.477 e. The standard InChI is InChI=1S/C15H24N2O2S/c1-3-5-9-17(4-2)10-8-12-16-13(11-6-7-11)14(20-12)15(18)19/h11H,3-10H2,1-2H3,(H,18,19). The first-order chi connectivity index (χ1) is 9.65. The zero-order chi connectivity index (χ0) is 14.5. The van der Waals surface area contributed by atoms with Crippen molar-refractivity contribution in [3.8, 4) is 0 Å². The van der Waals surface area contributed by atoms with E-state index in [4.69, 9.17) is 0 Å². The van der Waals surface area contributed by atoms with E-state index in [9.17, 15) is 9.90 Å². The molecule has 0 aromatic carbocycles. The molecule has 0 aliphatic heterocycles. The van der Waals surface area contributed by atoms with Crippen LogP contribution in [0.15, 0.2) is 0 Å². The van der Waals surface area contributed by atoms with Gasteiger partial charge in [-0.2, -0.15) is 0 Å². The number of nitrogens with zero attached hydrogens (tertiary/aromatic N) is 2. The molecular formula is C15H24N2O2S. The average molecular weight is 296 g/mol. The summed E-state index contributed by atoms with van der Waals surface area (Å²) < 4.78 is 0. The Morgan fingerprint density at radius 1 is 1.40 bits per heavy atom. The van der Waals surface area contributed by atoms with Crippen molar-refractivity contribution in [1.29, 1.82) is 0 Å². The van der Waals surface area contributed by atoms with Gasteiger partial charge in [-0.25, -0.2) is 9.78 Å². The summed E-state index contributed by atoms with van der Waals surface area (Å²) in [6.45, 7) is 7.53. The summed E-state index contributed by atoms with van der Waals surface area (Å²) >= 11 is 1.37. The molecule has 1 N–H and O–H groups in total. The van der Waals surface area contributed by atoms with E-state index in [0.29, 0.717) is 10.8 Å². The fourth-order valence-corrected chi connectivity index (χ4v) is 3.31. The van der Waals surface area contributed by atoms with E-state index in [1.807, 2.05) is 0 Å². The minimum atomic E-state index is -0.811. The van der Waals surface area contributed by atoms with Crippen molar-refractivity contribution in [3.63, 3.8) is 0 Å². The van der Waals surface area contributed by atoms with Crippen LogP contribution in [-0.2, 0) is 6.42 Å². The Kier molecular flexibility index (Phi) is 5.54. The molecule has 0 radical (unpaired) electrons. The summed E-state index contributed by atoms with van der Waals surface area (Å²) in [6, 6.07) is 0. The lowest BCUT2D eigenvalue weighted by molar-refractivity contribution is 0.0700. The topological polar surface area (TPSA) is 53.4 Å². The van der Waals surface area contributed by atoms with Crippen LogP contribution in [0.5, 0.6) is 0 Å². The van der Waals surface area contributed by atoms with Crippen molar-refractivity contribution in [2.45, 2.75) is 51.9 Å². The summed E-state index contributed by atoms with van der Waals surface area (Å²) in [6.07, 6.45) is 5.50. The fraction of sp³-hybridized carbons (Fsp3) is 0.733. The van der Waals surface area contributed by atoms with E-state index in [-0.39, 0.29) is 0 Å².